The highest BCUT2D eigenvalue weighted by Crippen LogP contribution is 2.50. The Morgan fingerprint density at radius 1 is 1.30 bits per heavy atom. The third-order valence-corrected chi connectivity index (χ3v) is 5.99. The van der Waals surface area contributed by atoms with Crippen molar-refractivity contribution in [2.24, 2.45) is 5.73 Å². The molecule has 3 N–H and O–H groups in total. The third-order valence-electron chi connectivity index (χ3n) is 4.15. The van der Waals surface area contributed by atoms with Gasteiger partial charge in [0.1, 0.15) is 11.1 Å². The Balaban J connectivity index is 2.21. The summed E-state index contributed by atoms with van der Waals surface area (Å²) in [5.74, 6) is -2.73. The third kappa shape index (κ3) is 3.13. The Morgan fingerprint density at radius 2 is 1.96 bits per heavy atom. The predicted molar refractivity (Wildman–Crippen MR) is 99.1 cm³/mol. The van der Waals surface area contributed by atoms with Gasteiger partial charge >= 0.3 is 5.97 Å². The van der Waals surface area contributed by atoms with Crippen LogP contribution in [0.15, 0.2) is 40.2 Å². The molecule has 0 aliphatic carbocycles. The van der Waals surface area contributed by atoms with Crippen molar-refractivity contribution in [3.63, 3.8) is 0 Å². The summed E-state index contributed by atoms with van der Waals surface area (Å²) in [6.07, 6.45) is -0.427. The molecule has 0 bridgehead atoms. The number of nitriles is 2. The van der Waals surface area contributed by atoms with Crippen molar-refractivity contribution in [3.8, 4) is 12.1 Å². The van der Waals surface area contributed by atoms with Gasteiger partial charge in [-0.15, -0.1) is 0 Å². The molecule has 1 aromatic rings. The number of nitrogens with two attached hydrogens (primary N) is 1. The molecule has 136 valence electrons. The maximum absolute atomic E-state index is 12.6. The van der Waals surface area contributed by atoms with Crippen molar-refractivity contribution < 1.29 is 14.7 Å². The zero-order valence-electron chi connectivity index (χ0n) is 13.4. The molecule has 2 unspecified atom stereocenters. The number of hydrogen-bond donors (Lipinski definition) is 2. The van der Waals surface area contributed by atoms with Gasteiger partial charge in [-0.25, -0.2) is 0 Å². The van der Waals surface area contributed by atoms with E-state index < -0.39 is 29.5 Å². The summed E-state index contributed by atoms with van der Waals surface area (Å²) >= 11 is 13.1. The van der Waals surface area contributed by atoms with Gasteiger partial charge in [0.05, 0.1) is 40.7 Å². The van der Waals surface area contributed by atoms with Crippen molar-refractivity contribution in [1.29, 1.82) is 10.5 Å². The number of nitrogens with zero attached hydrogens (tertiary/aromatic N) is 3. The molecule has 2 aliphatic rings. The number of carbonyl (C=O) groups is 2. The van der Waals surface area contributed by atoms with Gasteiger partial charge in [0.25, 0.3) is 0 Å². The molecule has 0 spiro atoms. The van der Waals surface area contributed by atoms with Crippen molar-refractivity contribution >= 4 is 46.8 Å². The van der Waals surface area contributed by atoms with Gasteiger partial charge in [-0.2, -0.15) is 10.5 Å². The van der Waals surface area contributed by atoms with E-state index in [0.29, 0.717) is 10.6 Å². The Labute approximate surface area is 168 Å². The fourth-order valence-electron chi connectivity index (χ4n) is 3.00. The summed E-state index contributed by atoms with van der Waals surface area (Å²) in [5, 5.41) is 28.3. The minimum absolute atomic E-state index is 0.00977. The Bertz CT molecular complexity index is 1020. The number of amides is 1. The smallest absolute Gasteiger partial charge is 0.305 e. The molecule has 3 rings (SSSR count). The molecule has 27 heavy (non-hydrogen) atoms. The van der Waals surface area contributed by atoms with E-state index in [1.54, 1.807) is 12.1 Å². The Morgan fingerprint density at radius 3 is 2.52 bits per heavy atom. The predicted octanol–water partition coefficient (Wildman–Crippen LogP) is 2.94. The summed E-state index contributed by atoms with van der Waals surface area (Å²) in [5.41, 5.74) is 6.61. The van der Waals surface area contributed by atoms with E-state index >= 15 is 0 Å². The van der Waals surface area contributed by atoms with Gasteiger partial charge < -0.3 is 10.8 Å². The number of carboxylic acids is 1. The summed E-state index contributed by atoms with van der Waals surface area (Å²) < 4.78 is 0. The molecule has 0 saturated carbocycles. The molecule has 2 heterocycles. The fourth-order valence-corrected chi connectivity index (χ4v) is 4.80. The Hall–Kier alpha value is -2.65. The van der Waals surface area contributed by atoms with E-state index in [1.165, 1.54) is 6.07 Å². The number of fused-ring (bicyclic) bond motifs is 1. The number of benzene rings is 1. The first kappa shape index (κ1) is 19.1. The van der Waals surface area contributed by atoms with E-state index in [2.05, 4.69) is 0 Å². The molecular formula is C17H10Cl2N4O3S. The lowest BCUT2D eigenvalue weighted by molar-refractivity contribution is -0.139. The molecule has 7 nitrogen and oxygen atoms in total. The van der Waals surface area contributed by atoms with Crippen molar-refractivity contribution in [1.82, 2.24) is 4.90 Å². The van der Waals surface area contributed by atoms with Crippen molar-refractivity contribution in [2.75, 3.05) is 0 Å². The number of allylic oxidation sites excluding steroid dienone is 2. The van der Waals surface area contributed by atoms with Crippen LogP contribution >= 0.6 is 35.0 Å². The summed E-state index contributed by atoms with van der Waals surface area (Å²) in [4.78, 5) is 24.7. The average Bonchev–Trinajstić information content (AvgIpc) is 2.91. The van der Waals surface area contributed by atoms with E-state index in [1.807, 2.05) is 12.1 Å². The van der Waals surface area contributed by atoms with Crippen molar-refractivity contribution in [2.45, 2.75) is 17.6 Å². The zero-order valence-corrected chi connectivity index (χ0v) is 15.8. The quantitative estimate of drug-likeness (QED) is 0.767. The molecular weight excluding hydrogens is 411 g/mol. The van der Waals surface area contributed by atoms with Gasteiger partial charge in [-0.05, 0) is 17.7 Å². The number of carboxylic acid groups (broad SMARTS) is 1. The first-order valence-corrected chi connectivity index (χ1v) is 9.15. The molecule has 1 aromatic carbocycles. The van der Waals surface area contributed by atoms with Crippen LogP contribution < -0.4 is 5.73 Å². The topological polar surface area (TPSA) is 131 Å². The minimum atomic E-state index is -1.15. The Kier molecular flexibility index (Phi) is 5.07. The lowest BCUT2D eigenvalue weighted by Crippen LogP contribution is -2.37. The lowest BCUT2D eigenvalue weighted by atomic mass is 9.83. The summed E-state index contributed by atoms with van der Waals surface area (Å²) in [7, 11) is 0. The number of hydrogen-bond acceptors (Lipinski definition) is 6. The van der Waals surface area contributed by atoms with Crippen LogP contribution in [0.2, 0.25) is 10.0 Å². The van der Waals surface area contributed by atoms with Gasteiger partial charge in [0.2, 0.25) is 5.91 Å². The lowest BCUT2D eigenvalue weighted by Gasteiger charge is -2.30. The van der Waals surface area contributed by atoms with Crippen molar-refractivity contribution in [3.05, 3.63) is 55.8 Å². The second-order valence-electron chi connectivity index (χ2n) is 5.72. The highest BCUT2D eigenvalue weighted by atomic mass is 35.5. The molecule has 1 fully saturated rings. The number of rotatable bonds is 3. The molecule has 0 radical (unpaired) electrons. The summed E-state index contributed by atoms with van der Waals surface area (Å²) in [6.45, 7) is 0. The van der Waals surface area contributed by atoms with Gasteiger partial charge in [-0.3, -0.25) is 14.5 Å². The van der Waals surface area contributed by atoms with Crippen LogP contribution in [0.5, 0.6) is 0 Å². The van der Waals surface area contributed by atoms with Crippen LogP contribution in [0.4, 0.5) is 0 Å². The van der Waals surface area contributed by atoms with E-state index in [9.17, 15) is 20.1 Å². The number of carbonyl (C=O) groups excluding carboxylic acids is 1. The van der Waals surface area contributed by atoms with E-state index in [0.717, 1.165) is 16.7 Å². The molecule has 2 atom stereocenters. The number of aliphatic carboxylic acids is 1. The van der Waals surface area contributed by atoms with Crippen LogP contribution in [0, 0.1) is 22.7 Å². The van der Waals surface area contributed by atoms with Gasteiger partial charge in [-0.1, -0.05) is 41.0 Å². The van der Waals surface area contributed by atoms with Crippen LogP contribution in [0.3, 0.4) is 0 Å². The van der Waals surface area contributed by atoms with Crippen LogP contribution in [0.25, 0.3) is 0 Å². The van der Waals surface area contributed by atoms with Crippen LogP contribution in [-0.2, 0) is 9.59 Å². The SMILES string of the molecule is N#CC1=C(N)N2C(=O)C(CC(=O)O)SC2=C(C#N)C1c1ccc(Cl)cc1Cl. The van der Waals surface area contributed by atoms with E-state index in [-0.39, 0.29) is 27.0 Å². The number of halogens is 2. The first-order valence-electron chi connectivity index (χ1n) is 7.51. The maximum Gasteiger partial charge on any atom is 0.305 e. The fraction of sp³-hybridized carbons (Fsp3) is 0.176. The first-order chi connectivity index (χ1) is 12.8. The largest absolute Gasteiger partial charge is 0.481 e. The van der Waals surface area contributed by atoms with Crippen LogP contribution in [-0.4, -0.2) is 27.1 Å². The molecule has 2 aliphatic heterocycles. The normalized spacial score (nSPS) is 21.8. The average molecular weight is 421 g/mol. The second kappa shape index (κ2) is 7.16. The zero-order chi connectivity index (χ0) is 19.9. The monoisotopic (exact) mass is 420 g/mol. The highest BCUT2D eigenvalue weighted by Gasteiger charge is 2.47. The summed E-state index contributed by atoms with van der Waals surface area (Å²) in [6, 6.07) is 8.62. The molecule has 10 heteroatoms. The molecule has 1 amide bonds. The highest BCUT2D eigenvalue weighted by molar-refractivity contribution is 8.04. The minimum Gasteiger partial charge on any atom is -0.481 e. The van der Waals surface area contributed by atoms with Gasteiger partial charge in [0.15, 0.2) is 0 Å². The maximum atomic E-state index is 12.6. The molecule has 1 saturated heterocycles. The van der Waals surface area contributed by atoms with Gasteiger partial charge in [0, 0.05) is 10.0 Å². The standard InChI is InChI=1S/C17H10Cl2N4O3S/c18-7-1-2-8(11(19)3-7)14-9(5-20)15(22)23-16(26)12(4-13(24)25)27-17(23)10(14)6-21/h1-3,12,14H,4,22H2,(H,24,25). The van der Waals surface area contributed by atoms with E-state index in [4.69, 9.17) is 34.0 Å². The second-order valence-corrected chi connectivity index (χ2v) is 7.75. The number of thioether (sulfide) groups is 1. The molecule has 0 aromatic heterocycles. The van der Waals surface area contributed by atoms with Crippen LogP contribution in [0.1, 0.15) is 17.9 Å².